The van der Waals surface area contributed by atoms with Gasteiger partial charge in [-0.2, -0.15) is 13.2 Å². The van der Waals surface area contributed by atoms with Crippen molar-refractivity contribution in [2.75, 3.05) is 31.1 Å². The van der Waals surface area contributed by atoms with E-state index in [2.05, 4.69) is 4.90 Å². The van der Waals surface area contributed by atoms with E-state index in [4.69, 9.17) is 0 Å². The highest BCUT2D eigenvalue weighted by Crippen LogP contribution is 2.39. The monoisotopic (exact) mass is 329 g/mol. The molecule has 2 aliphatic rings. The molecule has 0 aliphatic carbocycles. The Bertz CT molecular complexity index is 606. The number of hydrogen-bond donors (Lipinski definition) is 0. The first kappa shape index (κ1) is 16.0. The molecule has 0 N–H and O–H groups in total. The molecule has 0 aromatic heterocycles. The number of anilines is 1. The second kappa shape index (κ2) is 5.99. The van der Waals surface area contributed by atoms with Gasteiger partial charge in [0.25, 0.3) is 5.69 Å². The standard InChI is InChI=1S/C15H18F3N3O2/c16-15(17,18)13-9-11(21(22)23)4-5-14(13)20-8-7-19-6-2-1-3-12(19)10-20/h4-5,9,12H,1-3,6-8,10H2. The van der Waals surface area contributed by atoms with Crippen LogP contribution in [0.4, 0.5) is 24.5 Å². The van der Waals surface area contributed by atoms with Crippen LogP contribution in [0.15, 0.2) is 18.2 Å². The van der Waals surface area contributed by atoms with E-state index >= 15 is 0 Å². The number of hydrogen-bond acceptors (Lipinski definition) is 4. The molecule has 8 heteroatoms. The van der Waals surface area contributed by atoms with Gasteiger partial charge in [-0.3, -0.25) is 15.0 Å². The van der Waals surface area contributed by atoms with E-state index in [1.54, 1.807) is 4.90 Å². The fourth-order valence-corrected chi connectivity index (χ4v) is 3.52. The molecule has 2 saturated heterocycles. The first-order valence-corrected chi connectivity index (χ1v) is 7.71. The Morgan fingerprint density at radius 2 is 1.96 bits per heavy atom. The number of fused-ring (bicyclic) bond motifs is 1. The number of non-ortho nitro benzene ring substituents is 1. The molecule has 1 aromatic rings. The fraction of sp³-hybridized carbons (Fsp3) is 0.600. The lowest BCUT2D eigenvalue weighted by molar-refractivity contribution is -0.385. The Kier molecular flexibility index (Phi) is 4.18. The van der Waals surface area contributed by atoms with E-state index < -0.39 is 22.4 Å². The van der Waals surface area contributed by atoms with E-state index in [1.807, 2.05) is 0 Å². The van der Waals surface area contributed by atoms with Gasteiger partial charge in [-0.15, -0.1) is 0 Å². The predicted molar refractivity (Wildman–Crippen MR) is 79.5 cm³/mol. The van der Waals surface area contributed by atoms with Crippen molar-refractivity contribution in [3.63, 3.8) is 0 Å². The SMILES string of the molecule is O=[N+]([O-])c1ccc(N2CCN3CCCCC3C2)c(C(F)(F)F)c1. The summed E-state index contributed by atoms with van der Waals surface area (Å²) in [5.41, 5.74) is -1.40. The molecule has 1 aromatic carbocycles. The van der Waals surface area contributed by atoms with Gasteiger partial charge in [0.05, 0.1) is 10.5 Å². The summed E-state index contributed by atoms with van der Waals surface area (Å²) in [5, 5.41) is 10.8. The first-order chi connectivity index (χ1) is 10.9. The van der Waals surface area contributed by atoms with Crippen LogP contribution in [0.2, 0.25) is 0 Å². The summed E-state index contributed by atoms with van der Waals surface area (Å²) in [4.78, 5) is 14.0. The highest BCUT2D eigenvalue weighted by atomic mass is 19.4. The number of halogens is 3. The lowest BCUT2D eigenvalue weighted by atomic mass is 9.98. The zero-order chi connectivity index (χ0) is 16.6. The van der Waals surface area contributed by atoms with Gasteiger partial charge in [0.15, 0.2) is 0 Å². The highest BCUT2D eigenvalue weighted by molar-refractivity contribution is 5.59. The van der Waals surface area contributed by atoms with Crippen LogP contribution >= 0.6 is 0 Å². The molecular formula is C15H18F3N3O2. The maximum Gasteiger partial charge on any atom is 0.418 e. The van der Waals surface area contributed by atoms with Crippen LogP contribution in [-0.2, 0) is 6.18 Å². The average Bonchev–Trinajstić information content (AvgIpc) is 2.53. The summed E-state index contributed by atoms with van der Waals surface area (Å²) in [7, 11) is 0. The average molecular weight is 329 g/mol. The third kappa shape index (κ3) is 3.26. The molecule has 0 radical (unpaired) electrons. The summed E-state index contributed by atoms with van der Waals surface area (Å²) in [5.74, 6) is 0. The van der Waals surface area contributed by atoms with E-state index in [0.29, 0.717) is 19.2 Å². The summed E-state index contributed by atoms with van der Waals surface area (Å²) in [6.07, 6.45) is -1.38. The molecule has 2 heterocycles. The van der Waals surface area contributed by atoms with Crippen molar-refractivity contribution in [1.82, 2.24) is 4.90 Å². The van der Waals surface area contributed by atoms with E-state index in [-0.39, 0.29) is 11.7 Å². The van der Waals surface area contributed by atoms with Crippen LogP contribution in [0, 0.1) is 10.1 Å². The van der Waals surface area contributed by atoms with Crippen molar-refractivity contribution in [1.29, 1.82) is 0 Å². The Labute approximate surface area is 131 Å². The zero-order valence-electron chi connectivity index (χ0n) is 12.6. The summed E-state index contributed by atoms with van der Waals surface area (Å²) in [6.45, 7) is 2.79. The lowest BCUT2D eigenvalue weighted by Crippen LogP contribution is -2.55. The normalized spacial score (nSPS) is 22.7. The van der Waals surface area contributed by atoms with Gasteiger partial charge in [-0.25, -0.2) is 0 Å². The van der Waals surface area contributed by atoms with Crippen LogP contribution in [0.1, 0.15) is 24.8 Å². The molecule has 126 valence electrons. The van der Waals surface area contributed by atoms with E-state index in [0.717, 1.165) is 38.4 Å². The van der Waals surface area contributed by atoms with Crippen LogP contribution in [-0.4, -0.2) is 42.0 Å². The molecule has 2 fully saturated rings. The number of alkyl halides is 3. The number of piperazine rings is 1. The van der Waals surface area contributed by atoms with E-state index in [9.17, 15) is 23.3 Å². The molecule has 0 spiro atoms. The van der Waals surface area contributed by atoms with Crippen LogP contribution in [0.25, 0.3) is 0 Å². The second-order valence-corrected chi connectivity index (χ2v) is 6.09. The number of piperidine rings is 1. The van der Waals surface area contributed by atoms with E-state index in [1.165, 1.54) is 6.07 Å². The minimum absolute atomic E-state index is 0.0494. The largest absolute Gasteiger partial charge is 0.418 e. The van der Waals surface area contributed by atoms with Crippen molar-refractivity contribution in [3.05, 3.63) is 33.9 Å². The summed E-state index contributed by atoms with van der Waals surface area (Å²) in [6, 6.07) is 3.30. The van der Waals surface area contributed by atoms with Crippen molar-refractivity contribution in [2.45, 2.75) is 31.5 Å². The molecule has 2 aliphatic heterocycles. The van der Waals surface area contributed by atoms with Crippen LogP contribution < -0.4 is 4.90 Å². The second-order valence-electron chi connectivity index (χ2n) is 6.09. The number of nitro groups is 1. The highest BCUT2D eigenvalue weighted by Gasteiger charge is 2.38. The number of rotatable bonds is 2. The number of benzene rings is 1. The molecule has 1 atom stereocenters. The Balaban J connectivity index is 1.91. The zero-order valence-corrected chi connectivity index (χ0v) is 12.6. The van der Waals surface area contributed by atoms with Gasteiger partial charge in [-0.1, -0.05) is 6.42 Å². The molecule has 1 unspecified atom stereocenters. The Morgan fingerprint density at radius 1 is 1.17 bits per heavy atom. The molecule has 5 nitrogen and oxygen atoms in total. The molecular weight excluding hydrogens is 311 g/mol. The number of nitrogens with zero attached hydrogens (tertiary/aromatic N) is 3. The van der Waals surface area contributed by atoms with Gasteiger partial charge in [0.2, 0.25) is 0 Å². The smallest absolute Gasteiger partial charge is 0.368 e. The molecule has 0 amide bonds. The topological polar surface area (TPSA) is 49.6 Å². The fourth-order valence-electron chi connectivity index (χ4n) is 3.52. The maximum atomic E-state index is 13.3. The minimum Gasteiger partial charge on any atom is -0.368 e. The summed E-state index contributed by atoms with van der Waals surface area (Å²) < 4.78 is 40.0. The predicted octanol–water partition coefficient (Wildman–Crippen LogP) is 3.29. The van der Waals surface area contributed by atoms with Crippen molar-refractivity contribution >= 4 is 11.4 Å². The molecule has 0 saturated carbocycles. The van der Waals surface area contributed by atoms with Crippen molar-refractivity contribution in [2.24, 2.45) is 0 Å². The van der Waals surface area contributed by atoms with Crippen LogP contribution in [0.5, 0.6) is 0 Å². The van der Waals surface area contributed by atoms with Crippen molar-refractivity contribution in [3.8, 4) is 0 Å². The lowest BCUT2D eigenvalue weighted by Gasteiger charge is -2.45. The van der Waals surface area contributed by atoms with Crippen LogP contribution in [0.3, 0.4) is 0 Å². The van der Waals surface area contributed by atoms with Gasteiger partial charge >= 0.3 is 6.18 Å². The Hall–Kier alpha value is -1.83. The summed E-state index contributed by atoms with van der Waals surface area (Å²) >= 11 is 0. The third-order valence-electron chi connectivity index (χ3n) is 4.67. The van der Waals surface area contributed by atoms with Crippen molar-refractivity contribution < 1.29 is 18.1 Å². The van der Waals surface area contributed by atoms with Gasteiger partial charge in [-0.05, 0) is 25.5 Å². The number of nitro benzene ring substituents is 1. The minimum atomic E-state index is -4.61. The molecule has 0 bridgehead atoms. The third-order valence-corrected chi connectivity index (χ3v) is 4.67. The molecule has 23 heavy (non-hydrogen) atoms. The Morgan fingerprint density at radius 3 is 2.65 bits per heavy atom. The quantitative estimate of drug-likeness (QED) is 0.617. The van der Waals surface area contributed by atoms with Gasteiger partial charge < -0.3 is 4.90 Å². The van der Waals surface area contributed by atoms with Gasteiger partial charge in [0, 0.05) is 43.5 Å². The first-order valence-electron chi connectivity index (χ1n) is 7.71. The maximum absolute atomic E-state index is 13.3. The van der Waals surface area contributed by atoms with Gasteiger partial charge in [0.1, 0.15) is 0 Å². The molecule has 3 rings (SSSR count).